The van der Waals surface area contributed by atoms with Crippen molar-refractivity contribution in [3.05, 3.63) is 29.8 Å². The van der Waals surface area contributed by atoms with Gasteiger partial charge in [-0.15, -0.1) is 12.4 Å². The first-order chi connectivity index (χ1) is 11.1. The molecule has 0 aliphatic heterocycles. The quantitative estimate of drug-likeness (QED) is 0.471. The molecule has 1 aromatic rings. The Morgan fingerprint density at radius 3 is 2.17 bits per heavy atom. The summed E-state index contributed by atoms with van der Waals surface area (Å²) < 4.78 is 5.75. The van der Waals surface area contributed by atoms with Gasteiger partial charge in [0, 0.05) is 0 Å². The second kappa shape index (κ2) is 13.5. The molecule has 5 heteroatoms. The molecule has 0 amide bonds. The van der Waals surface area contributed by atoms with Crippen LogP contribution < -0.4 is 10.5 Å². The maximum atomic E-state index is 9.17. The van der Waals surface area contributed by atoms with Gasteiger partial charge in [0.15, 0.2) is 0 Å². The van der Waals surface area contributed by atoms with Crippen LogP contribution >= 0.6 is 12.4 Å². The van der Waals surface area contributed by atoms with Crippen molar-refractivity contribution in [1.82, 2.24) is 0 Å². The van der Waals surface area contributed by atoms with Crippen LogP contribution in [0.4, 0.5) is 0 Å². The molecule has 0 aromatic heterocycles. The molecule has 0 aliphatic rings. The van der Waals surface area contributed by atoms with Gasteiger partial charge >= 0.3 is 0 Å². The molecule has 0 atom stereocenters. The molecule has 0 fully saturated rings. The number of unbranched alkanes of at least 4 members (excludes halogenated alkanes) is 4. The number of ether oxygens (including phenoxy) is 1. The van der Waals surface area contributed by atoms with E-state index in [1.54, 1.807) is 0 Å². The summed E-state index contributed by atoms with van der Waals surface area (Å²) in [6, 6.07) is 8.16. The SMILES string of the molecule is CCCCCCCOc1ccc(CCCC(N)(CO)CO)cc1.Cl. The number of aliphatic hydroxyl groups excluding tert-OH is 2. The number of rotatable bonds is 13. The van der Waals surface area contributed by atoms with Crippen LogP contribution in [-0.2, 0) is 6.42 Å². The molecule has 4 nitrogen and oxygen atoms in total. The van der Waals surface area contributed by atoms with E-state index in [2.05, 4.69) is 19.1 Å². The molecule has 1 aromatic carbocycles. The first-order valence-electron chi connectivity index (χ1n) is 8.86. The van der Waals surface area contributed by atoms with E-state index in [0.29, 0.717) is 6.42 Å². The maximum absolute atomic E-state index is 9.17. The topological polar surface area (TPSA) is 75.7 Å². The molecule has 140 valence electrons. The third-order valence-corrected chi connectivity index (χ3v) is 4.21. The van der Waals surface area contributed by atoms with Gasteiger partial charge in [-0.1, -0.05) is 44.7 Å². The Labute approximate surface area is 152 Å². The average molecular weight is 360 g/mol. The van der Waals surface area contributed by atoms with Crippen molar-refractivity contribution >= 4 is 12.4 Å². The minimum absolute atomic E-state index is 0. The predicted octanol–water partition coefficient (Wildman–Crippen LogP) is 3.46. The van der Waals surface area contributed by atoms with E-state index < -0.39 is 5.54 Å². The third-order valence-electron chi connectivity index (χ3n) is 4.21. The Kier molecular flexibility index (Phi) is 13.0. The van der Waals surface area contributed by atoms with Crippen molar-refractivity contribution < 1.29 is 14.9 Å². The Morgan fingerprint density at radius 2 is 1.58 bits per heavy atom. The van der Waals surface area contributed by atoms with Crippen LogP contribution in [0.2, 0.25) is 0 Å². The highest BCUT2D eigenvalue weighted by molar-refractivity contribution is 5.85. The summed E-state index contributed by atoms with van der Waals surface area (Å²) in [5.41, 5.74) is 6.22. The van der Waals surface area contributed by atoms with Gasteiger partial charge < -0.3 is 20.7 Å². The molecule has 0 aliphatic carbocycles. The molecule has 4 N–H and O–H groups in total. The first kappa shape index (κ1) is 23.2. The van der Waals surface area contributed by atoms with Crippen LogP contribution in [-0.4, -0.2) is 35.6 Å². The van der Waals surface area contributed by atoms with Crippen molar-refractivity contribution in [3.63, 3.8) is 0 Å². The van der Waals surface area contributed by atoms with Gasteiger partial charge in [0.05, 0.1) is 25.4 Å². The zero-order chi connectivity index (χ0) is 17.0. The normalized spacial score (nSPS) is 11.2. The minimum Gasteiger partial charge on any atom is -0.494 e. The second-order valence-corrected chi connectivity index (χ2v) is 6.44. The first-order valence-corrected chi connectivity index (χ1v) is 8.86. The lowest BCUT2D eigenvalue weighted by atomic mass is 9.94. The van der Waals surface area contributed by atoms with Gasteiger partial charge in [-0.2, -0.15) is 0 Å². The number of hydrogen-bond donors (Lipinski definition) is 3. The molecular weight excluding hydrogens is 326 g/mol. The zero-order valence-corrected chi connectivity index (χ0v) is 15.7. The molecule has 1 rings (SSSR count). The molecule has 0 radical (unpaired) electrons. The molecule has 24 heavy (non-hydrogen) atoms. The lowest BCUT2D eigenvalue weighted by molar-refractivity contribution is 0.113. The summed E-state index contributed by atoms with van der Waals surface area (Å²) in [6.07, 6.45) is 8.56. The fourth-order valence-electron chi connectivity index (χ4n) is 2.50. The Hall–Kier alpha value is -0.810. The predicted molar refractivity (Wildman–Crippen MR) is 102 cm³/mol. The van der Waals surface area contributed by atoms with Gasteiger partial charge in [0.2, 0.25) is 0 Å². The summed E-state index contributed by atoms with van der Waals surface area (Å²) in [5.74, 6) is 0.920. The van der Waals surface area contributed by atoms with E-state index in [1.807, 2.05) is 12.1 Å². The highest BCUT2D eigenvalue weighted by Gasteiger charge is 2.21. The highest BCUT2D eigenvalue weighted by atomic mass is 35.5. The number of halogens is 1. The summed E-state index contributed by atoms with van der Waals surface area (Å²) in [5, 5.41) is 18.3. The summed E-state index contributed by atoms with van der Waals surface area (Å²) in [7, 11) is 0. The van der Waals surface area contributed by atoms with Crippen LogP contribution in [0.3, 0.4) is 0 Å². The molecule has 0 saturated carbocycles. The van der Waals surface area contributed by atoms with E-state index >= 15 is 0 Å². The van der Waals surface area contributed by atoms with E-state index in [1.165, 1.54) is 31.2 Å². The fraction of sp³-hybridized carbons (Fsp3) is 0.684. The largest absolute Gasteiger partial charge is 0.494 e. The van der Waals surface area contributed by atoms with Gasteiger partial charge in [-0.3, -0.25) is 0 Å². The van der Waals surface area contributed by atoms with Crippen LogP contribution in [0.25, 0.3) is 0 Å². The van der Waals surface area contributed by atoms with Crippen LogP contribution in [0.1, 0.15) is 57.4 Å². The Morgan fingerprint density at radius 1 is 0.958 bits per heavy atom. The minimum atomic E-state index is -0.860. The molecule has 0 heterocycles. The lowest BCUT2D eigenvalue weighted by Crippen LogP contribution is -2.47. The second-order valence-electron chi connectivity index (χ2n) is 6.44. The smallest absolute Gasteiger partial charge is 0.119 e. The summed E-state index contributed by atoms with van der Waals surface area (Å²) >= 11 is 0. The van der Waals surface area contributed by atoms with Crippen LogP contribution in [0.15, 0.2) is 24.3 Å². The number of hydrogen-bond acceptors (Lipinski definition) is 4. The fourth-order valence-corrected chi connectivity index (χ4v) is 2.50. The molecular formula is C19H34ClNO3. The standard InChI is InChI=1S/C19H33NO3.ClH/c1-2-3-4-5-6-14-23-18-11-9-17(10-12-18)8-7-13-19(20,15-21)16-22;/h9-12,21-22H,2-8,13-16,20H2,1H3;1H. The van der Waals surface area contributed by atoms with E-state index in [0.717, 1.165) is 31.6 Å². The Balaban J connectivity index is 0.00000529. The monoisotopic (exact) mass is 359 g/mol. The number of aryl methyl sites for hydroxylation is 1. The molecule has 0 spiro atoms. The zero-order valence-electron chi connectivity index (χ0n) is 14.9. The van der Waals surface area contributed by atoms with Gasteiger partial charge in [0.25, 0.3) is 0 Å². The number of benzene rings is 1. The van der Waals surface area contributed by atoms with Crippen molar-refractivity contribution in [3.8, 4) is 5.75 Å². The molecule has 0 saturated heterocycles. The summed E-state index contributed by atoms with van der Waals surface area (Å²) in [6.45, 7) is 2.63. The van der Waals surface area contributed by atoms with Gasteiger partial charge in [0.1, 0.15) is 5.75 Å². The summed E-state index contributed by atoms with van der Waals surface area (Å²) in [4.78, 5) is 0. The van der Waals surface area contributed by atoms with Crippen LogP contribution in [0.5, 0.6) is 5.75 Å². The lowest BCUT2D eigenvalue weighted by Gasteiger charge is -2.24. The number of aliphatic hydroxyl groups is 2. The van der Waals surface area contributed by atoms with Crippen molar-refractivity contribution in [2.24, 2.45) is 5.73 Å². The van der Waals surface area contributed by atoms with E-state index in [9.17, 15) is 0 Å². The van der Waals surface area contributed by atoms with Crippen molar-refractivity contribution in [1.29, 1.82) is 0 Å². The third kappa shape index (κ3) is 9.48. The number of nitrogens with two attached hydrogens (primary N) is 1. The maximum Gasteiger partial charge on any atom is 0.119 e. The highest BCUT2D eigenvalue weighted by Crippen LogP contribution is 2.16. The van der Waals surface area contributed by atoms with Crippen molar-refractivity contribution in [2.75, 3.05) is 19.8 Å². The van der Waals surface area contributed by atoms with Gasteiger partial charge in [-0.05, 0) is 43.4 Å². The average Bonchev–Trinajstić information content (AvgIpc) is 2.59. The van der Waals surface area contributed by atoms with Crippen molar-refractivity contribution in [2.45, 2.75) is 63.8 Å². The Bertz CT molecular complexity index is 408. The van der Waals surface area contributed by atoms with E-state index in [4.69, 9.17) is 20.7 Å². The van der Waals surface area contributed by atoms with Gasteiger partial charge in [-0.25, -0.2) is 0 Å². The molecule has 0 bridgehead atoms. The molecule has 0 unspecified atom stereocenters. The van der Waals surface area contributed by atoms with E-state index in [-0.39, 0.29) is 25.6 Å². The van der Waals surface area contributed by atoms with Crippen LogP contribution in [0, 0.1) is 0 Å².